The summed E-state index contributed by atoms with van der Waals surface area (Å²) in [5, 5.41) is 11.3. The Hall–Kier alpha value is -2.68. The highest BCUT2D eigenvalue weighted by Gasteiger charge is 2.44. The van der Waals surface area contributed by atoms with Crippen LogP contribution in [0.5, 0.6) is 11.5 Å². The topological polar surface area (TPSA) is 32.7 Å². The maximum absolute atomic E-state index is 11.3. The zero-order valence-corrected chi connectivity index (χ0v) is 21.9. The quantitative estimate of drug-likeness (QED) is 0.424. The second-order valence-corrected chi connectivity index (χ2v) is 10.8. The molecular weight excluding hydrogens is 418 g/mol. The number of nitrogens with zero attached hydrogens (tertiary/aromatic N) is 1. The molecule has 2 aliphatic rings. The normalized spacial score (nSPS) is 16.8. The first-order valence-corrected chi connectivity index (χ1v) is 12.8. The standard InChI is InChI=1S/C31H41NO2/c1-21(2)9-7-10-22(3)11-16-27-28-19-31(17-8-18-31)20-32(25-12-14-26(34-6)15-13-25)29(28)23(4)24(5)30(27)33/h9,11-15,33H,7-8,10,16-20H2,1-6H3. The first-order valence-electron chi connectivity index (χ1n) is 12.8. The number of benzene rings is 2. The van der Waals surface area contributed by atoms with Crippen LogP contribution in [0.15, 0.2) is 47.6 Å². The molecule has 0 unspecified atom stereocenters. The van der Waals surface area contributed by atoms with Crippen LogP contribution in [0.2, 0.25) is 0 Å². The molecule has 3 nitrogen and oxygen atoms in total. The molecule has 0 radical (unpaired) electrons. The Morgan fingerprint density at radius 3 is 2.35 bits per heavy atom. The molecule has 0 amide bonds. The number of methoxy groups -OCH3 is 1. The van der Waals surface area contributed by atoms with Crippen LogP contribution in [-0.2, 0) is 12.8 Å². The number of aromatic hydroxyl groups is 1. The van der Waals surface area contributed by atoms with E-state index < -0.39 is 0 Å². The Morgan fingerprint density at radius 1 is 1.06 bits per heavy atom. The van der Waals surface area contributed by atoms with Gasteiger partial charge in [-0.2, -0.15) is 0 Å². The summed E-state index contributed by atoms with van der Waals surface area (Å²) in [6.45, 7) is 11.8. The van der Waals surface area contributed by atoms with Crippen LogP contribution in [-0.4, -0.2) is 18.8 Å². The molecule has 1 spiro atoms. The van der Waals surface area contributed by atoms with Crippen LogP contribution < -0.4 is 9.64 Å². The van der Waals surface area contributed by atoms with Crippen molar-refractivity contribution in [3.8, 4) is 11.5 Å². The van der Waals surface area contributed by atoms with E-state index in [1.54, 1.807) is 7.11 Å². The van der Waals surface area contributed by atoms with Gasteiger partial charge in [-0.25, -0.2) is 0 Å². The molecule has 1 aliphatic heterocycles. The number of anilines is 2. The molecule has 1 N–H and O–H groups in total. The van der Waals surface area contributed by atoms with Gasteiger partial charge < -0.3 is 14.7 Å². The Labute approximate surface area is 206 Å². The van der Waals surface area contributed by atoms with Gasteiger partial charge in [-0.15, -0.1) is 0 Å². The molecule has 4 rings (SSSR count). The van der Waals surface area contributed by atoms with Gasteiger partial charge in [0.15, 0.2) is 0 Å². The van der Waals surface area contributed by atoms with Gasteiger partial charge in [-0.05, 0) is 120 Å². The van der Waals surface area contributed by atoms with Gasteiger partial charge in [-0.3, -0.25) is 0 Å². The summed E-state index contributed by atoms with van der Waals surface area (Å²) in [6, 6.07) is 8.46. The zero-order valence-electron chi connectivity index (χ0n) is 21.9. The van der Waals surface area contributed by atoms with E-state index in [1.165, 1.54) is 52.9 Å². The van der Waals surface area contributed by atoms with Crippen molar-refractivity contribution in [3.05, 3.63) is 69.8 Å². The lowest BCUT2D eigenvalue weighted by Gasteiger charge is -2.51. The SMILES string of the molecule is COc1ccc(N2CC3(CCC3)Cc3c(CC=C(C)CCC=C(C)C)c(O)c(C)c(C)c32)cc1. The van der Waals surface area contributed by atoms with E-state index >= 15 is 0 Å². The largest absolute Gasteiger partial charge is 0.507 e. The molecule has 34 heavy (non-hydrogen) atoms. The highest BCUT2D eigenvalue weighted by Crippen LogP contribution is 2.54. The molecule has 0 aromatic heterocycles. The van der Waals surface area contributed by atoms with Gasteiger partial charge in [0.1, 0.15) is 11.5 Å². The summed E-state index contributed by atoms with van der Waals surface area (Å²) in [4.78, 5) is 2.52. The first-order chi connectivity index (χ1) is 16.2. The van der Waals surface area contributed by atoms with E-state index in [0.29, 0.717) is 11.2 Å². The molecule has 1 saturated carbocycles. The maximum atomic E-state index is 11.3. The highest BCUT2D eigenvalue weighted by atomic mass is 16.5. The Bertz CT molecular complexity index is 1100. The summed E-state index contributed by atoms with van der Waals surface area (Å²) in [7, 11) is 1.71. The molecule has 1 fully saturated rings. The zero-order chi connectivity index (χ0) is 24.5. The Balaban J connectivity index is 1.76. The van der Waals surface area contributed by atoms with Crippen molar-refractivity contribution in [2.45, 2.75) is 79.6 Å². The van der Waals surface area contributed by atoms with Crippen molar-refractivity contribution < 1.29 is 9.84 Å². The van der Waals surface area contributed by atoms with Crippen LogP contribution in [0.25, 0.3) is 0 Å². The lowest BCUT2D eigenvalue weighted by Crippen LogP contribution is -2.46. The third-order valence-corrected chi connectivity index (χ3v) is 8.07. The smallest absolute Gasteiger partial charge is 0.122 e. The summed E-state index contributed by atoms with van der Waals surface area (Å²) >= 11 is 0. The van der Waals surface area contributed by atoms with Crippen molar-refractivity contribution in [2.24, 2.45) is 5.41 Å². The van der Waals surface area contributed by atoms with Crippen molar-refractivity contribution in [2.75, 3.05) is 18.6 Å². The maximum Gasteiger partial charge on any atom is 0.122 e. The van der Waals surface area contributed by atoms with Crippen LogP contribution in [0, 0.1) is 19.3 Å². The fourth-order valence-electron chi connectivity index (χ4n) is 5.68. The van der Waals surface area contributed by atoms with E-state index in [0.717, 1.165) is 49.1 Å². The fraction of sp³-hybridized carbons (Fsp3) is 0.484. The second-order valence-electron chi connectivity index (χ2n) is 10.8. The Morgan fingerprint density at radius 2 is 1.76 bits per heavy atom. The lowest BCUT2D eigenvalue weighted by atomic mass is 9.62. The summed E-state index contributed by atoms with van der Waals surface area (Å²) in [6.07, 6.45) is 12.5. The predicted molar refractivity (Wildman–Crippen MR) is 144 cm³/mol. The molecule has 1 heterocycles. The average molecular weight is 460 g/mol. The van der Waals surface area contributed by atoms with E-state index in [2.05, 4.69) is 75.9 Å². The number of allylic oxidation sites excluding steroid dienone is 4. The number of hydrogen-bond acceptors (Lipinski definition) is 3. The van der Waals surface area contributed by atoms with Crippen LogP contribution in [0.1, 0.15) is 75.1 Å². The molecule has 182 valence electrons. The summed E-state index contributed by atoms with van der Waals surface area (Å²) in [5.74, 6) is 1.38. The van der Waals surface area contributed by atoms with Gasteiger partial charge in [0.2, 0.25) is 0 Å². The van der Waals surface area contributed by atoms with Gasteiger partial charge in [0.05, 0.1) is 7.11 Å². The van der Waals surface area contributed by atoms with Crippen molar-refractivity contribution >= 4 is 11.4 Å². The van der Waals surface area contributed by atoms with E-state index in [9.17, 15) is 5.11 Å². The van der Waals surface area contributed by atoms with Gasteiger partial charge in [0, 0.05) is 23.5 Å². The molecule has 2 aromatic rings. The summed E-state index contributed by atoms with van der Waals surface area (Å²) < 4.78 is 5.41. The third kappa shape index (κ3) is 4.76. The van der Waals surface area contributed by atoms with E-state index in [-0.39, 0.29) is 0 Å². The van der Waals surface area contributed by atoms with Gasteiger partial charge >= 0.3 is 0 Å². The molecule has 3 heteroatoms. The van der Waals surface area contributed by atoms with Gasteiger partial charge in [0.25, 0.3) is 0 Å². The first kappa shape index (κ1) is 24.4. The van der Waals surface area contributed by atoms with E-state index in [1.807, 2.05) is 0 Å². The number of hydrogen-bond donors (Lipinski definition) is 1. The molecular formula is C31H41NO2. The fourth-order valence-corrected chi connectivity index (χ4v) is 5.68. The van der Waals surface area contributed by atoms with Crippen molar-refractivity contribution in [1.82, 2.24) is 0 Å². The number of fused-ring (bicyclic) bond motifs is 1. The minimum Gasteiger partial charge on any atom is -0.507 e. The monoisotopic (exact) mass is 459 g/mol. The van der Waals surface area contributed by atoms with Crippen LogP contribution in [0.4, 0.5) is 11.4 Å². The molecule has 2 aromatic carbocycles. The number of rotatable bonds is 7. The number of phenols is 1. The average Bonchev–Trinajstić information content (AvgIpc) is 2.80. The molecule has 0 bridgehead atoms. The number of phenolic OH excluding ortho intramolecular Hbond substituents is 1. The van der Waals surface area contributed by atoms with Gasteiger partial charge in [-0.1, -0.05) is 29.7 Å². The van der Waals surface area contributed by atoms with Crippen LogP contribution in [0.3, 0.4) is 0 Å². The van der Waals surface area contributed by atoms with Crippen LogP contribution >= 0.6 is 0 Å². The highest BCUT2D eigenvalue weighted by molar-refractivity contribution is 5.77. The number of ether oxygens (including phenoxy) is 1. The molecule has 0 saturated heterocycles. The van der Waals surface area contributed by atoms with Crippen molar-refractivity contribution in [1.29, 1.82) is 0 Å². The molecule has 0 atom stereocenters. The Kier molecular flexibility index (Phi) is 7.12. The summed E-state index contributed by atoms with van der Waals surface area (Å²) in [5.41, 5.74) is 10.3. The predicted octanol–water partition coefficient (Wildman–Crippen LogP) is 8.12. The second kappa shape index (κ2) is 9.90. The third-order valence-electron chi connectivity index (χ3n) is 8.07. The minimum absolute atomic E-state index is 0.317. The minimum atomic E-state index is 0.317. The lowest BCUT2D eigenvalue weighted by molar-refractivity contribution is 0.138. The molecule has 1 aliphatic carbocycles. The van der Waals surface area contributed by atoms with Crippen molar-refractivity contribution in [3.63, 3.8) is 0 Å². The van der Waals surface area contributed by atoms with E-state index in [4.69, 9.17) is 4.74 Å².